The maximum atomic E-state index is 10.8. The van der Waals surface area contributed by atoms with Gasteiger partial charge in [0.15, 0.2) is 0 Å². The van der Waals surface area contributed by atoms with E-state index in [0.717, 1.165) is 65.6 Å². The lowest BCUT2D eigenvalue weighted by Crippen LogP contribution is -2.03. The van der Waals surface area contributed by atoms with Gasteiger partial charge in [0.25, 0.3) is 0 Å². The van der Waals surface area contributed by atoms with Crippen LogP contribution in [0.25, 0.3) is 11.1 Å². The van der Waals surface area contributed by atoms with Crippen molar-refractivity contribution in [2.45, 2.75) is 59.0 Å². The first-order chi connectivity index (χ1) is 18.5. The predicted octanol–water partition coefficient (Wildman–Crippen LogP) is 7.00. The number of nitrogens with zero attached hydrogens (tertiary/aromatic N) is 1. The summed E-state index contributed by atoms with van der Waals surface area (Å²) in [5.41, 5.74) is 7.00. The second-order valence-electron chi connectivity index (χ2n) is 9.00. The van der Waals surface area contributed by atoms with Crippen LogP contribution in [-0.4, -0.2) is 34.2 Å². The van der Waals surface area contributed by atoms with E-state index in [2.05, 4.69) is 43.5 Å². The maximum Gasteiger partial charge on any atom is 0.303 e. The lowest BCUT2D eigenvalue weighted by molar-refractivity contribution is -0.136. The van der Waals surface area contributed by atoms with Crippen LogP contribution in [0.5, 0.6) is 11.6 Å². The topological polar surface area (TPSA) is 68.7 Å². The number of hydrogen-bond acceptors (Lipinski definition) is 5. The molecular weight excluding hydrogens is 494 g/mol. The molecule has 0 saturated heterocycles. The van der Waals surface area contributed by atoms with Gasteiger partial charge in [-0.3, -0.25) is 4.79 Å². The van der Waals surface area contributed by atoms with E-state index < -0.39 is 5.97 Å². The maximum absolute atomic E-state index is 10.8. The molecule has 1 aromatic heterocycles. The molecule has 200 valence electrons. The van der Waals surface area contributed by atoms with Gasteiger partial charge in [-0.05, 0) is 97.1 Å². The minimum atomic E-state index is -0.782. The molecule has 1 aliphatic rings. The summed E-state index contributed by atoms with van der Waals surface area (Å²) in [7, 11) is 0. The average molecular weight is 532 g/mol. The van der Waals surface area contributed by atoms with E-state index in [0.29, 0.717) is 19.6 Å². The Morgan fingerprint density at radius 2 is 1.82 bits per heavy atom. The highest BCUT2D eigenvalue weighted by molar-refractivity contribution is 7.99. The van der Waals surface area contributed by atoms with E-state index >= 15 is 0 Å². The molecular formula is C32H37NO4S. The molecule has 0 unspecified atom stereocenters. The summed E-state index contributed by atoms with van der Waals surface area (Å²) >= 11 is 1.94. The number of aliphatic carboxylic acids is 1. The number of carboxylic acids is 1. The SMILES string of the molecule is C#CC.CCSCCCOc1ccc2c(n1)CCCc1ccc(COc3ccc(CCC(=O)O)cc3)cc1-2. The second-order valence-corrected chi connectivity index (χ2v) is 10.4. The fourth-order valence-electron chi connectivity index (χ4n) is 4.28. The molecule has 2 aromatic carbocycles. The highest BCUT2D eigenvalue weighted by atomic mass is 32.2. The number of rotatable bonds is 12. The van der Waals surface area contributed by atoms with Crippen molar-refractivity contribution in [1.29, 1.82) is 0 Å². The third-order valence-electron chi connectivity index (χ3n) is 6.12. The summed E-state index contributed by atoms with van der Waals surface area (Å²) in [5.74, 6) is 5.23. The van der Waals surface area contributed by atoms with Crippen molar-refractivity contribution < 1.29 is 19.4 Å². The summed E-state index contributed by atoms with van der Waals surface area (Å²) < 4.78 is 11.9. The number of carbonyl (C=O) groups is 1. The number of pyridine rings is 1. The monoisotopic (exact) mass is 531 g/mol. The number of ether oxygens (including phenoxy) is 2. The molecule has 4 rings (SSSR count). The van der Waals surface area contributed by atoms with Gasteiger partial charge in [-0.2, -0.15) is 11.8 Å². The molecule has 5 nitrogen and oxygen atoms in total. The molecule has 1 heterocycles. The molecule has 0 radical (unpaired) electrons. The van der Waals surface area contributed by atoms with Crippen molar-refractivity contribution in [2.24, 2.45) is 0 Å². The van der Waals surface area contributed by atoms with Crippen molar-refractivity contribution >= 4 is 17.7 Å². The number of terminal acetylenes is 1. The van der Waals surface area contributed by atoms with Crippen LogP contribution < -0.4 is 9.47 Å². The number of benzene rings is 2. The van der Waals surface area contributed by atoms with Gasteiger partial charge in [-0.1, -0.05) is 31.2 Å². The molecule has 0 fully saturated rings. The quantitative estimate of drug-likeness (QED) is 0.201. The molecule has 0 saturated carbocycles. The lowest BCUT2D eigenvalue weighted by Gasteiger charge is -2.13. The van der Waals surface area contributed by atoms with Gasteiger partial charge >= 0.3 is 5.97 Å². The number of aromatic nitrogens is 1. The molecule has 3 aromatic rings. The standard InChI is InChI=1S/C29H33NO4S.C3H4/c1-2-35-18-4-17-33-28-15-14-25-26-19-22(7-11-23(26)5-3-6-27(25)30-28)20-34-24-12-8-21(9-13-24)10-16-29(31)32;1-3-2/h7-9,11-15,19H,2-6,10,16-18,20H2,1H3,(H,31,32);1H,2H3. The fraction of sp³-hybridized carbons (Fsp3) is 0.375. The van der Waals surface area contributed by atoms with Gasteiger partial charge in [0.2, 0.25) is 5.88 Å². The molecule has 0 spiro atoms. The Balaban J connectivity index is 0.00000127. The Bertz CT molecular complexity index is 1220. The van der Waals surface area contributed by atoms with Gasteiger partial charge < -0.3 is 14.6 Å². The Morgan fingerprint density at radius 3 is 2.55 bits per heavy atom. The number of hydrogen-bond donors (Lipinski definition) is 1. The number of aryl methyl sites for hydroxylation is 3. The fourth-order valence-corrected chi connectivity index (χ4v) is 4.89. The van der Waals surface area contributed by atoms with Gasteiger partial charge in [0, 0.05) is 18.1 Å². The zero-order valence-electron chi connectivity index (χ0n) is 22.4. The minimum absolute atomic E-state index is 0.136. The normalized spacial score (nSPS) is 11.6. The van der Waals surface area contributed by atoms with Crippen LogP contribution in [-0.2, 0) is 30.7 Å². The van der Waals surface area contributed by atoms with E-state index in [1.807, 2.05) is 42.1 Å². The largest absolute Gasteiger partial charge is 0.489 e. The van der Waals surface area contributed by atoms with E-state index in [1.54, 1.807) is 6.92 Å². The highest BCUT2D eigenvalue weighted by Gasteiger charge is 2.17. The smallest absolute Gasteiger partial charge is 0.303 e. The summed E-state index contributed by atoms with van der Waals surface area (Å²) in [5, 5.41) is 8.84. The summed E-state index contributed by atoms with van der Waals surface area (Å²) in [6.45, 7) is 5.01. The van der Waals surface area contributed by atoms with Crippen LogP contribution >= 0.6 is 11.8 Å². The molecule has 1 N–H and O–H groups in total. The Kier molecular flexibility index (Phi) is 12.1. The number of fused-ring (bicyclic) bond motifs is 3. The van der Waals surface area contributed by atoms with Crippen molar-refractivity contribution in [3.05, 3.63) is 77.0 Å². The van der Waals surface area contributed by atoms with Crippen LogP contribution in [0.2, 0.25) is 0 Å². The molecule has 6 heteroatoms. The Hall–Kier alpha value is -3.43. The van der Waals surface area contributed by atoms with Crippen LogP contribution in [0.3, 0.4) is 0 Å². The van der Waals surface area contributed by atoms with E-state index in [4.69, 9.17) is 19.6 Å². The Morgan fingerprint density at radius 1 is 1.05 bits per heavy atom. The zero-order valence-corrected chi connectivity index (χ0v) is 23.2. The number of carboxylic acid groups (broad SMARTS) is 1. The Labute approximate surface area is 231 Å². The van der Waals surface area contributed by atoms with Gasteiger partial charge in [-0.15, -0.1) is 12.3 Å². The molecule has 0 bridgehead atoms. The summed E-state index contributed by atoms with van der Waals surface area (Å²) in [4.78, 5) is 15.6. The van der Waals surface area contributed by atoms with E-state index in [9.17, 15) is 4.79 Å². The van der Waals surface area contributed by atoms with Crippen molar-refractivity contribution in [2.75, 3.05) is 18.1 Å². The van der Waals surface area contributed by atoms with Crippen molar-refractivity contribution in [3.8, 4) is 35.1 Å². The third-order valence-corrected chi connectivity index (χ3v) is 7.10. The molecule has 0 aliphatic heterocycles. The molecule has 1 aliphatic carbocycles. The molecule has 0 atom stereocenters. The lowest BCUT2D eigenvalue weighted by atomic mass is 9.97. The summed E-state index contributed by atoms with van der Waals surface area (Å²) in [6, 6.07) is 18.4. The first-order valence-electron chi connectivity index (χ1n) is 13.2. The van der Waals surface area contributed by atoms with E-state index in [1.165, 1.54) is 16.7 Å². The third kappa shape index (κ3) is 9.15. The van der Waals surface area contributed by atoms with Crippen LogP contribution in [0.15, 0.2) is 54.6 Å². The van der Waals surface area contributed by atoms with Gasteiger partial charge in [0.05, 0.1) is 12.3 Å². The zero-order chi connectivity index (χ0) is 27.2. The summed E-state index contributed by atoms with van der Waals surface area (Å²) in [6.07, 6.45) is 9.36. The molecule has 38 heavy (non-hydrogen) atoms. The van der Waals surface area contributed by atoms with Gasteiger partial charge in [0.1, 0.15) is 12.4 Å². The first kappa shape index (κ1) is 29.1. The van der Waals surface area contributed by atoms with E-state index in [-0.39, 0.29) is 6.42 Å². The molecule has 0 amide bonds. The van der Waals surface area contributed by atoms with Crippen LogP contribution in [0.1, 0.15) is 55.5 Å². The average Bonchev–Trinajstić information content (AvgIpc) is 3.10. The van der Waals surface area contributed by atoms with Crippen LogP contribution in [0, 0.1) is 12.3 Å². The first-order valence-corrected chi connectivity index (χ1v) is 14.3. The highest BCUT2D eigenvalue weighted by Crippen LogP contribution is 2.34. The minimum Gasteiger partial charge on any atom is -0.489 e. The van der Waals surface area contributed by atoms with Crippen molar-refractivity contribution in [1.82, 2.24) is 4.98 Å². The van der Waals surface area contributed by atoms with Crippen molar-refractivity contribution in [3.63, 3.8) is 0 Å². The van der Waals surface area contributed by atoms with Crippen LogP contribution in [0.4, 0.5) is 0 Å². The second kappa shape index (κ2) is 15.7. The van der Waals surface area contributed by atoms with Gasteiger partial charge in [-0.25, -0.2) is 4.98 Å². The number of thioether (sulfide) groups is 1. The predicted molar refractivity (Wildman–Crippen MR) is 156 cm³/mol.